The van der Waals surface area contributed by atoms with Crippen LogP contribution in [0.25, 0.3) is 20.4 Å². The average Bonchev–Trinajstić information content (AvgIpc) is 3.86. The number of oxime groups is 1. The van der Waals surface area contributed by atoms with Crippen LogP contribution in [0.2, 0.25) is 10.0 Å². The molecule has 4 aromatic rings. The molecule has 2 aromatic heterocycles. The second kappa shape index (κ2) is 13.0. The molecule has 2 spiro atoms. The van der Waals surface area contributed by atoms with Crippen molar-refractivity contribution in [3.63, 3.8) is 0 Å². The number of hydrogen-bond donors (Lipinski definition) is 2. The summed E-state index contributed by atoms with van der Waals surface area (Å²) >= 11 is 18.5. The van der Waals surface area contributed by atoms with Crippen LogP contribution in [0.4, 0.5) is 5.13 Å². The number of thiazole rings is 2. The number of fused-ring (bicyclic) bond motifs is 6. The van der Waals surface area contributed by atoms with Gasteiger partial charge in [-0.05, 0) is 98.0 Å². The first-order valence-corrected chi connectivity index (χ1v) is 19.2. The summed E-state index contributed by atoms with van der Waals surface area (Å²) in [5.74, 6) is 2.88. The number of nitrogens with zero attached hydrogens (tertiary/aromatic N) is 6. The number of hydrogen-bond acceptors (Lipinski definition) is 11. The average molecular weight is 779 g/mol. The van der Waals surface area contributed by atoms with Crippen LogP contribution in [0, 0.1) is 11.8 Å². The van der Waals surface area contributed by atoms with Crippen molar-refractivity contribution in [3.05, 3.63) is 50.4 Å². The molecule has 0 saturated carbocycles. The molecular weight excluding hydrogens is 743 g/mol. The van der Waals surface area contributed by atoms with Gasteiger partial charge in [-0.2, -0.15) is 0 Å². The zero-order chi connectivity index (χ0) is 32.2. The number of hydroxylamine groups is 1. The maximum atomic E-state index is 6.22. The number of rotatable bonds is 1. The molecule has 0 aliphatic carbocycles. The van der Waals surface area contributed by atoms with Gasteiger partial charge in [0.15, 0.2) is 9.52 Å². The first-order valence-electron chi connectivity index (χ1n) is 16.0. The Morgan fingerprint density at radius 2 is 1.45 bits per heavy atom. The van der Waals surface area contributed by atoms with Crippen molar-refractivity contribution in [1.82, 2.24) is 25.2 Å². The summed E-state index contributed by atoms with van der Waals surface area (Å²) < 4.78 is 2.91. The summed E-state index contributed by atoms with van der Waals surface area (Å²) in [6.07, 6.45) is 6.65. The zero-order valence-electron chi connectivity index (χ0n) is 25.6. The van der Waals surface area contributed by atoms with Crippen LogP contribution in [-0.4, -0.2) is 81.9 Å². The van der Waals surface area contributed by atoms with E-state index in [4.69, 9.17) is 38.6 Å². The number of piperidine rings is 6. The predicted octanol–water partition coefficient (Wildman–Crippen LogP) is 7.22. The quantitative estimate of drug-likeness (QED) is 0.208. The van der Waals surface area contributed by atoms with Gasteiger partial charge >= 0.3 is 0 Å². The second-order valence-electron chi connectivity index (χ2n) is 13.2. The van der Waals surface area contributed by atoms with Gasteiger partial charge in [0, 0.05) is 25.4 Å². The normalized spacial score (nSPS) is 32.7. The lowest BCUT2D eigenvalue weighted by molar-refractivity contribution is -0.150. The van der Waals surface area contributed by atoms with Crippen LogP contribution in [-0.2, 0) is 9.68 Å². The Balaban J connectivity index is 0.000000114. The van der Waals surface area contributed by atoms with Crippen LogP contribution in [0.5, 0.6) is 0 Å². The van der Waals surface area contributed by atoms with E-state index < -0.39 is 0 Å². The molecule has 10 heterocycles. The van der Waals surface area contributed by atoms with Gasteiger partial charge in [-0.25, -0.2) is 15.0 Å². The highest BCUT2D eigenvalue weighted by Gasteiger charge is 2.53. The fourth-order valence-electron chi connectivity index (χ4n) is 7.92. The number of benzene rings is 2. The summed E-state index contributed by atoms with van der Waals surface area (Å²) in [7, 11) is 0. The Kier molecular flexibility index (Phi) is 8.87. The molecule has 15 heteroatoms. The lowest BCUT2D eigenvalue weighted by Gasteiger charge is -2.49. The Bertz CT molecular complexity index is 1850. The molecule has 3 N–H and O–H groups in total. The van der Waals surface area contributed by atoms with Crippen molar-refractivity contribution < 1.29 is 9.68 Å². The van der Waals surface area contributed by atoms with E-state index in [-0.39, 0.29) is 11.2 Å². The first-order chi connectivity index (χ1) is 22.8. The molecular formula is C32H35BrCl2N8O2S2. The Morgan fingerprint density at radius 3 is 1.98 bits per heavy atom. The monoisotopic (exact) mass is 776 g/mol. The van der Waals surface area contributed by atoms with Gasteiger partial charge in [0.25, 0.3) is 0 Å². The van der Waals surface area contributed by atoms with Gasteiger partial charge in [0.05, 0.1) is 36.9 Å². The lowest BCUT2D eigenvalue weighted by atomic mass is 9.74. The standard InChI is InChI=1S/C16H17ClN4OS.C9H15N3O.C7H3BrClNS/c17-11-2-1-3-12-14(11)23-15(18-12)19-13-8-16(22-20-13)9-21-6-4-10(16)5-7-21;10-8-5-9(13-11-8)6-12-3-1-7(9)2-4-12;8-7-10-5-3-1-2-4(9)6(5)11-7/h1-3,10H,4-9H2,(H,18,19,20);7H,1-6H2,(H2,10,11);1-3H/t16-;9-;/m11./s1. The molecule has 12 rings (SSSR count). The molecule has 2 aromatic carbocycles. The molecule has 7 saturated heterocycles. The van der Waals surface area contributed by atoms with Gasteiger partial charge in [0.2, 0.25) is 5.13 Å². The van der Waals surface area contributed by atoms with Crippen LogP contribution >= 0.6 is 61.8 Å². The van der Waals surface area contributed by atoms with Crippen molar-refractivity contribution in [1.29, 1.82) is 0 Å². The number of aromatic nitrogens is 2. The van der Waals surface area contributed by atoms with Crippen molar-refractivity contribution in [2.75, 3.05) is 39.3 Å². The highest BCUT2D eigenvalue weighted by atomic mass is 79.9. The smallest absolute Gasteiger partial charge is 0.212 e. The van der Waals surface area contributed by atoms with Crippen LogP contribution in [0.1, 0.15) is 38.5 Å². The van der Waals surface area contributed by atoms with Crippen LogP contribution in [0.3, 0.4) is 0 Å². The van der Waals surface area contributed by atoms with E-state index in [2.05, 4.69) is 51.3 Å². The van der Waals surface area contributed by atoms with E-state index in [9.17, 15) is 0 Å². The maximum Gasteiger partial charge on any atom is 0.212 e. The molecule has 248 valence electrons. The van der Waals surface area contributed by atoms with E-state index in [1.807, 2.05) is 36.4 Å². The van der Waals surface area contributed by atoms with Gasteiger partial charge < -0.3 is 15.5 Å². The molecule has 4 bridgehead atoms. The lowest BCUT2D eigenvalue weighted by Crippen LogP contribution is -2.59. The highest BCUT2D eigenvalue weighted by Crippen LogP contribution is 2.44. The third kappa shape index (κ3) is 6.38. The molecule has 2 atom stereocenters. The second-order valence-corrected chi connectivity index (χ2v) is 17.2. The number of halogens is 3. The summed E-state index contributed by atoms with van der Waals surface area (Å²) in [5, 5.41) is 6.13. The predicted molar refractivity (Wildman–Crippen MR) is 194 cm³/mol. The molecule has 0 unspecified atom stereocenters. The van der Waals surface area contributed by atoms with E-state index in [0.717, 1.165) is 71.3 Å². The van der Waals surface area contributed by atoms with Crippen molar-refractivity contribution in [2.45, 2.75) is 49.7 Å². The topological polar surface area (TPSA) is 113 Å². The molecule has 10 nitrogen and oxygen atoms in total. The molecule has 0 radical (unpaired) electrons. The van der Waals surface area contributed by atoms with Crippen LogP contribution < -0.4 is 11.2 Å². The summed E-state index contributed by atoms with van der Waals surface area (Å²) in [4.78, 5) is 30.0. The van der Waals surface area contributed by atoms with Gasteiger partial charge in [0.1, 0.15) is 17.3 Å². The molecule has 8 aliphatic heterocycles. The van der Waals surface area contributed by atoms with E-state index in [1.54, 1.807) is 11.3 Å². The molecule has 8 aliphatic rings. The van der Waals surface area contributed by atoms with Crippen molar-refractivity contribution in [2.24, 2.45) is 27.7 Å². The third-order valence-corrected chi connectivity index (χ3v) is 13.6. The van der Waals surface area contributed by atoms with Crippen LogP contribution in [0.15, 0.2) is 50.5 Å². The molecule has 7 fully saturated rings. The largest absolute Gasteiger partial charge is 0.386 e. The SMILES string of the molecule is Clc1cccc2nc(Br)sc12.Clc1cccc2nc(N=C3C[C@]4(CN5CCC4CC5)ON3)sc12.NC1=NO[C@]2(C1)CN1CCC2CC1. The molecule has 47 heavy (non-hydrogen) atoms. The minimum Gasteiger partial charge on any atom is -0.386 e. The van der Waals surface area contributed by atoms with Gasteiger partial charge in [-0.15, -0.1) is 11.3 Å². The highest BCUT2D eigenvalue weighted by molar-refractivity contribution is 9.11. The summed E-state index contributed by atoms with van der Waals surface area (Å²) in [5.41, 5.74) is 10.5. The number of amidine groups is 2. The zero-order valence-corrected chi connectivity index (χ0v) is 30.4. The number of aliphatic imine (C=N–C) groups is 1. The number of nitrogens with one attached hydrogen (secondary N) is 1. The maximum absolute atomic E-state index is 6.22. The minimum absolute atomic E-state index is 0.0411. The summed E-state index contributed by atoms with van der Waals surface area (Å²) in [6.45, 7) is 6.92. The molecule has 0 amide bonds. The fraction of sp³-hybridized carbons (Fsp3) is 0.500. The first kappa shape index (κ1) is 32.1. The number of nitrogens with two attached hydrogens (primary N) is 1. The van der Waals surface area contributed by atoms with E-state index in [0.29, 0.717) is 17.7 Å². The summed E-state index contributed by atoms with van der Waals surface area (Å²) in [6, 6.07) is 11.5. The Morgan fingerprint density at radius 1 is 0.851 bits per heavy atom. The van der Waals surface area contributed by atoms with Gasteiger partial charge in [-0.1, -0.05) is 51.8 Å². The van der Waals surface area contributed by atoms with E-state index >= 15 is 0 Å². The van der Waals surface area contributed by atoms with Crippen molar-refractivity contribution in [3.8, 4) is 0 Å². The van der Waals surface area contributed by atoms with Gasteiger partial charge in [-0.3, -0.25) is 15.2 Å². The van der Waals surface area contributed by atoms with E-state index in [1.165, 1.54) is 63.2 Å². The Hall–Kier alpha value is -2.10. The Labute approximate surface area is 299 Å². The minimum atomic E-state index is -0.0936. The fourth-order valence-corrected chi connectivity index (χ4v) is 10.7. The van der Waals surface area contributed by atoms with Crippen molar-refractivity contribution >= 4 is 99.0 Å². The third-order valence-electron chi connectivity index (χ3n) is 10.2.